The van der Waals surface area contributed by atoms with Gasteiger partial charge in [0.05, 0.1) is 19.7 Å². The first kappa shape index (κ1) is 11.9. The van der Waals surface area contributed by atoms with Gasteiger partial charge in [0.25, 0.3) is 0 Å². The van der Waals surface area contributed by atoms with Crippen LogP contribution in [0.5, 0.6) is 6.01 Å². The molecule has 1 aliphatic rings. The van der Waals surface area contributed by atoms with Crippen molar-refractivity contribution in [1.29, 1.82) is 0 Å². The number of halogens is 1. The standard InChI is InChI=1S/C10H12ClN3O3/c1-17-10-12-3-7(11)9(13-10)14-4-6(5-14)2-8(15)16/h3,6H,2,4-5H2,1H3,(H,15,16). The lowest BCUT2D eigenvalue weighted by Crippen LogP contribution is -2.48. The minimum Gasteiger partial charge on any atom is -0.481 e. The number of ether oxygens (including phenoxy) is 1. The van der Waals surface area contributed by atoms with E-state index in [4.69, 9.17) is 21.4 Å². The Balaban J connectivity index is 2.03. The fourth-order valence-electron chi connectivity index (χ4n) is 1.78. The maximum Gasteiger partial charge on any atom is 0.318 e. The molecule has 17 heavy (non-hydrogen) atoms. The Hall–Kier alpha value is -1.56. The van der Waals surface area contributed by atoms with Crippen LogP contribution >= 0.6 is 11.6 Å². The molecule has 0 radical (unpaired) electrons. The zero-order chi connectivity index (χ0) is 12.4. The highest BCUT2D eigenvalue weighted by Crippen LogP contribution is 2.31. The number of aliphatic carboxylic acids is 1. The van der Waals surface area contributed by atoms with Crippen molar-refractivity contribution >= 4 is 23.4 Å². The topological polar surface area (TPSA) is 75.5 Å². The fourth-order valence-corrected chi connectivity index (χ4v) is 1.99. The lowest BCUT2D eigenvalue weighted by Gasteiger charge is -2.39. The molecule has 0 aromatic carbocycles. The van der Waals surface area contributed by atoms with Crippen LogP contribution in [0.1, 0.15) is 6.42 Å². The monoisotopic (exact) mass is 257 g/mol. The number of hydrogen-bond acceptors (Lipinski definition) is 5. The normalized spacial score (nSPS) is 15.5. The first-order valence-corrected chi connectivity index (χ1v) is 5.51. The summed E-state index contributed by atoms with van der Waals surface area (Å²) in [6.07, 6.45) is 1.66. The molecule has 0 atom stereocenters. The highest BCUT2D eigenvalue weighted by atomic mass is 35.5. The molecule has 7 heteroatoms. The minimum atomic E-state index is -0.777. The summed E-state index contributed by atoms with van der Waals surface area (Å²) < 4.78 is 4.92. The second-order valence-corrected chi connectivity index (χ2v) is 4.30. The Morgan fingerprint density at radius 1 is 1.71 bits per heavy atom. The molecule has 1 aliphatic heterocycles. The molecular weight excluding hydrogens is 246 g/mol. The summed E-state index contributed by atoms with van der Waals surface area (Å²) in [7, 11) is 1.48. The third-order valence-corrected chi connectivity index (χ3v) is 2.87. The Morgan fingerprint density at radius 2 is 2.41 bits per heavy atom. The van der Waals surface area contributed by atoms with E-state index in [9.17, 15) is 4.79 Å². The van der Waals surface area contributed by atoms with Crippen LogP contribution in [0, 0.1) is 5.92 Å². The van der Waals surface area contributed by atoms with Crippen LogP contribution in [0.4, 0.5) is 5.82 Å². The summed E-state index contributed by atoms with van der Waals surface area (Å²) in [5.41, 5.74) is 0. The van der Waals surface area contributed by atoms with Crippen LogP contribution in [0.15, 0.2) is 6.20 Å². The predicted octanol–water partition coefficient (Wildman–Crippen LogP) is 1.05. The Morgan fingerprint density at radius 3 is 3.00 bits per heavy atom. The quantitative estimate of drug-likeness (QED) is 0.869. The summed E-state index contributed by atoms with van der Waals surface area (Å²) in [6.45, 7) is 1.29. The third-order valence-electron chi connectivity index (χ3n) is 2.61. The van der Waals surface area contributed by atoms with E-state index < -0.39 is 5.97 Å². The van der Waals surface area contributed by atoms with Gasteiger partial charge in [-0.25, -0.2) is 4.98 Å². The smallest absolute Gasteiger partial charge is 0.318 e. The van der Waals surface area contributed by atoms with Crippen molar-refractivity contribution in [3.8, 4) is 6.01 Å². The van der Waals surface area contributed by atoms with Crippen LogP contribution in [0.3, 0.4) is 0 Å². The van der Waals surface area contributed by atoms with E-state index in [-0.39, 0.29) is 18.3 Å². The lowest BCUT2D eigenvalue weighted by atomic mass is 9.96. The molecule has 2 rings (SSSR count). The molecule has 1 saturated heterocycles. The van der Waals surface area contributed by atoms with Crippen molar-refractivity contribution in [2.24, 2.45) is 5.92 Å². The molecule has 1 N–H and O–H groups in total. The van der Waals surface area contributed by atoms with Crippen LogP contribution in [-0.2, 0) is 4.79 Å². The number of aromatic nitrogens is 2. The molecule has 0 aliphatic carbocycles. The number of anilines is 1. The van der Waals surface area contributed by atoms with Gasteiger partial charge >= 0.3 is 12.0 Å². The number of carboxylic acid groups (broad SMARTS) is 1. The predicted molar refractivity (Wildman–Crippen MR) is 61.5 cm³/mol. The lowest BCUT2D eigenvalue weighted by molar-refractivity contribution is -0.138. The van der Waals surface area contributed by atoms with Gasteiger partial charge in [0.2, 0.25) is 0 Å². The number of carboxylic acids is 1. The molecule has 2 heterocycles. The van der Waals surface area contributed by atoms with Crippen molar-refractivity contribution < 1.29 is 14.6 Å². The van der Waals surface area contributed by atoms with Crippen molar-refractivity contribution in [3.05, 3.63) is 11.2 Å². The maximum absolute atomic E-state index is 10.5. The van der Waals surface area contributed by atoms with Gasteiger partial charge in [0.1, 0.15) is 5.02 Å². The molecule has 92 valence electrons. The second-order valence-electron chi connectivity index (χ2n) is 3.90. The zero-order valence-corrected chi connectivity index (χ0v) is 10.0. The zero-order valence-electron chi connectivity index (χ0n) is 9.26. The van der Waals surface area contributed by atoms with Gasteiger partial charge in [0.15, 0.2) is 5.82 Å². The van der Waals surface area contributed by atoms with Crippen molar-refractivity contribution in [2.75, 3.05) is 25.1 Å². The van der Waals surface area contributed by atoms with E-state index in [0.29, 0.717) is 23.9 Å². The van der Waals surface area contributed by atoms with Gasteiger partial charge in [-0.2, -0.15) is 4.98 Å². The Kier molecular flexibility index (Phi) is 3.33. The molecule has 0 amide bonds. The van der Waals surface area contributed by atoms with Crippen molar-refractivity contribution in [1.82, 2.24) is 9.97 Å². The number of rotatable bonds is 4. The molecule has 0 saturated carbocycles. The Labute approximate surface area is 103 Å². The van der Waals surface area contributed by atoms with E-state index in [2.05, 4.69) is 9.97 Å². The average Bonchev–Trinajstić information content (AvgIpc) is 2.24. The fraction of sp³-hybridized carbons (Fsp3) is 0.500. The maximum atomic E-state index is 10.5. The summed E-state index contributed by atoms with van der Waals surface area (Å²) in [4.78, 5) is 20.5. The minimum absolute atomic E-state index is 0.157. The van der Waals surface area contributed by atoms with E-state index in [1.807, 2.05) is 4.90 Å². The van der Waals surface area contributed by atoms with Gasteiger partial charge in [-0.15, -0.1) is 0 Å². The number of nitrogens with zero attached hydrogens (tertiary/aromatic N) is 3. The van der Waals surface area contributed by atoms with E-state index in [0.717, 1.165) is 0 Å². The molecule has 6 nitrogen and oxygen atoms in total. The summed E-state index contributed by atoms with van der Waals surface area (Å²) in [5.74, 6) is -0.0225. The number of hydrogen-bond donors (Lipinski definition) is 1. The first-order chi connectivity index (χ1) is 8.10. The average molecular weight is 258 g/mol. The number of carbonyl (C=O) groups is 1. The second kappa shape index (κ2) is 4.75. The first-order valence-electron chi connectivity index (χ1n) is 5.13. The van der Waals surface area contributed by atoms with Crippen LogP contribution in [0.25, 0.3) is 0 Å². The van der Waals surface area contributed by atoms with Crippen molar-refractivity contribution in [2.45, 2.75) is 6.42 Å². The molecular formula is C10H12ClN3O3. The summed E-state index contributed by atoms with van der Waals surface area (Å²) in [6, 6.07) is 0.256. The van der Waals surface area contributed by atoms with Gasteiger partial charge in [-0.05, 0) is 0 Å². The largest absolute Gasteiger partial charge is 0.481 e. The molecule has 1 fully saturated rings. The van der Waals surface area contributed by atoms with E-state index in [1.54, 1.807) is 0 Å². The highest BCUT2D eigenvalue weighted by molar-refractivity contribution is 6.32. The third kappa shape index (κ3) is 2.58. The SMILES string of the molecule is COc1ncc(Cl)c(N2CC(CC(=O)O)C2)n1. The van der Waals surface area contributed by atoms with Gasteiger partial charge in [-0.1, -0.05) is 11.6 Å². The van der Waals surface area contributed by atoms with E-state index in [1.165, 1.54) is 13.3 Å². The van der Waals surface area contributed by atoms with E-state index >= 15 is 0 Å². The molecule has 1 aromatic rings. The van der Waals surface area contributed by atoms with Gasteiger partial charge < -0.3 is 14.7 Å². The Bertz CT molecular complexity index is 435. The van der Waals surface area contributed by atoms with Gasteiger partial charge in [-0.3, -0.25) is 4.79 Å². The van der Waals surface area contributed by atoms with Gasteiger partial charge in [0, 0.05) is 19.0 Å². The molecule has 0 unspecified atom stereocenters. The van der Waals surface area contributed by atoms with Crippen LogP contribution in [-0.4, -0.2) is 41.2 Å². The van der Waals surface area contributed by atoms with Crippen molar-refractivity contribution in [3.63, 3.8) is 0 Å². The number of methoxy groups -OCH3 is 1. The molecule has 0 spiro atoms. The highest BCUT2D eigenvalue weighted by Gasteiger charge is 2.31. The summed E-state index contributed by atoms with van der Waals surface area (Å²) in [5, 5.41) is 9.10. The van der Waals surface area contributed by atoms with Crippen LogP contribution in [0.2, 0.25) is 5.02 Å². The van der Waals surface area contributed by atoms with Crippen LogP contribution < -0.4 is 9.64 Å². The molecule has 1 aromatic heterocycles. The molecule has 0 bridgehead atoms. The summed E-state index contributed by atoms with van der Waals surface area (Å²) >= 11 is 5.98.